The van der Waals surface area contributed by atoms with Gasteiger partial charge in [-0.2, -0.15) is 25.3 Å². The van der Waals surface area contributed by atoms with Crippen LogP contribution in [-0.4, -0.2) is 58.4 Å². The number of rotatable bonds is 7. The lowest BCUT2D eigenvalue weighted by molar-refractivity contribution is 0.182. The maximum absolute atomic E-state index is 11.0. The quantitative estimate of drug-likeness (QED) is 0.522. The highest BCUT2D eigenvalue weighted by Gasteiger charge is 2.24. The van der Waals surface area contributed by atoms with Gasteiger partial charge in [-0.05, 0) is 6.20 Å². The van der Waals surface area contributed by atoms with E-state index in [1.54, 1.807) is 6.20 Å². The summed E-state index contributed by atoms with van der Waals surface area (Å²) >= 11 is 0. The molecule has 0 aromatic heterocycles. The lowest BCUT2D eigenvalue weighted by Gasteiger charge is -2.40. The number of hydrogen-bond acceptors (Lipinski definition) is 8. The normalized spacial score (nSPS) is 14.6. The van der Waals surface area contributed by atoms with Crippen LogP contribution in [0.15, 0.2) is 62.3 Å². The van der Waals surface area contributed by atoms with Gasteiger partial charge in [0.1, 0.15) is 0 Å². The molecule has 0 spiro atoms. The van der Waals surface area contributed by atoms with Gasteiger partial charge in [-0.3, -0.25) is 0 Å². The molecular formula is C13H19N3O7S3. The highest BCUT2D eigenvalue weighted by atomic mass is 32.3. The molecule has 1 heterocycles. The maximum Gasteiger partial charge on any atom is 0.304 e. The molecule has 0 N–H and O–H groups in total. The summed E-state index contributed by atoms with van der Waals surface area (Å²) in [4.78, 5) is 4.85. The predicted molar refractivity (Wildman–Crippen MR) is 99.1 cm³/mol. The summed E-state index contributed by atoms with van der Waals surface area (Å²) in [6, 6.07) is 0. The molecule has 26 heavy (non-hydrogen) atoms. The van der Waals surface area contributed by atoms with Crippen molar-refractivity contribution in [3.05, 3.63) is 62.3 Å². The zero-order valence-electron chi connectivity index (χ0n) is 13.8. The van der Waals surface area contributed by atoms with Crippen molar-refractivity contribution < 1.29 is 28.9 Å². The van der Waals surface area contributed by atoms with Gasteiger partial charge in [-0.25, -0.2) is 0 Å². The van der Waals surface area contributed by atoms with Gasteiger partial charge in [0.25, 0.3) is 10.3 Å². The van der Waals surface area contributed by atoms with Gasteiger partial charge in [0.05, 0.1) is 24.2 Å². The molecule has 0 amide bonds. The maximum atomic E-state index is 11.0. The Morgan fingerprint density at radius 2 is 1.19 bits per heavy atom. The Morgan fingerprint density at radius 3 is 1.42 bits per heavy atom. The highest BCUT2D eigenvalue weighted by Crippen LogP contribution is 2.10. The predicted octanol–water partition coefficient (Wildman–Crippen LogP) is 0.168. The van der Waals surface area contributed by atoms with Crippen LogP contribution in [0.3, 0.4) is 0 Å². The van der Waals surface area contributed by atoms with E-state index in [2.05, 4.69) is 36.5 Å². The third kappa shape index (κ3) is 7.26. The Bertz CT molecular complexity index is 854. The minimum atomic E-state index is -4.18. The van der Waals surface area contributed by atoms with Gasteiger partial charge in [-0.15, -0.1) is 3.63 Å². The molecule has 1 saturated heterocycles. The van der Waals surface area contributed by atoms with Crippen molar-refractivity contribution in [2.45, 2.75) is 0 Å². The molecule has 1 aliphatic rings. The summed E-state index contributed by atoms with van der Waals surface area (Å²) in [5, 5.41) is 0.917. The monoisotopic (exact) mass is 425 g/mol. The molecule has 10 nitrogen and oxygen atoms in total. The van der Waals surface area contributed by atoms with Crippen LogP contribution in [0, 0.1) is 0 Å². The number of nitrogens with zero attached hydrogens (tertiary/aromatic N) is 3. The fourth-order valence-corrected chi connectivity index (χ4v) is 3.64. The van der Waals surface area contributed by atoms with Crippen LogP contribution >= 0.6 is 0 Å². The van der Waals surface area contributed by atoms with Crippen molar-refractivity contribution >= 4 is 35.6 Å². The van der Waals surface area contributed by atoms with E-state index in [0.717, 1.165) is 0 Å². The van der Waals surface area contributed by atoms with Crippen LogP contribution in [0.2, 0.25) is 0 Å². The minimum Gasteiger partial charge on any atom is -0.342 e. The summed E-state index contributed by atoms with van der Waals surface area (Å²) < 4.78 is 67.3. The second kappa shape index (κ2) is 9.96. The molecule has 0 radical (unpaired) electrons. The average molecular weight is 426 g/mol. The Hall–Kier alpha value is -2.35. The summed E-state index contributed by atoms with van der Waals surface area (Å²) in [6.45, 7) is 17.3. The summed E-state index contributed by atoms with van der Waals surface area (Å²) in [5.41, 5.74) is 0. The van der Waals surface area contributed by atoms with Crippen LogP contribution in [-0.2, 0) is 34.2 Å². The van der Waals surface area contributed by atoms with E-state index >= 15 is 0 Å². The molecule has 0 bridgehead atoms. The van der Waals surface area contributed by atoms with Gasteiger partial charge >= 0.3 is 20.2 Å². The Kier molecular flexibility index (Phi) is 9.06. The van der Waals surface area contributed by atoms with Crippen molar-refractivity contribution in [3.8, 4) is 0 Å². The smallest absolute Gasteiger partial charge is 0.304 e. The molecule has 0 aromatic carbocycles. The van der Waals surface area contributed by atoms with Crippen molar-refractivity contribution in [1.29, 1.82) is 0 Å². The van der Waals surface area contributed by atoms with Gasteiger partial charge in [-0.1, -0.05) is 32.9 Å². The van der Waals surface area contributed by atoms with Crippen molar-refractivity contribution in [2.75, 3.05) is 13.3 Å². The fourth-order valence-electron chi connectivity index (χ4n) is 1.49. The third-order valence-electron chi connectivity index (χ3n) is 2.61. The standard InChI is InChI=1S/C9H13N3O2S.C4H6O5S2/c1-4-10-7-11(5-2)9(15(13)14)12(6-3)8-10;1-3-10(5,6)9-11(7,8)4-2/h4-6H,1-3,7-8H2;3-4H,1-2H2. The van der Waals surface area contributed by atoms with Gasteiger partial charge in [0.2, 0.25) is 5.11 Å². The molecule has 146 valence electrons. The SMILES string of the molecule is C=CN1CN(C=C)C(=S(=O)=O)N(C=C)C1.C=CS(=O)(=O)OS(=O)(=O)C=C. The molecule has 0 unspecified atom stereocenters. The first-order valence-electron chi connectivity index (χ1n) is 6.54. The largest absolute Gasteiger partial charge is 0.342 e. The zero-order valence-corrected chi connectivity index (χ0v) is 16.2. The van der Waals surface area contributed by atoms with E-state index in [1.165, 1.54) is 22.2 Å². The Morgan fingerprint density at radius 1 is 0.808 bits per heavy atom. The second-order valence-electron chi connectivity index (χ2n) is 4.26. The zero-order chi connectivity index (χ0) is 20.5. The number of hydrogen-bond donors (Lipinski definition) is 0. The molecule has 1 aliphatic heterocycles. The molecule has 0 atom stereocenters. The lowest BCUT2D eigenvalue weighted by Crippen LogP contribution is -2.53. The van der Waals surface area contributed by atoms with Gasteiger partial charge in [0.15, 0.2) is 0 Å². The highest BCUT2D eigenvalue weighted by molar-refractivity contribution is 8.02. The van der Waals surface area contributed by atoms with Crippen molar-refractivity contribution in [1.82, 2.24) is 14.7 Å². The molecule has 1 rings (SSSR count). The molecule has 1 fully saturated rings. The third-order valence-corrected chi connectivity index (χ3v) is 5.71. The van der Waals surface area contributed by atoms with E-state index in [0.29, 0.717) is 24.2 Å². The average Bonchev–Trinajstić information content (AvgIpc) is 2.59. The van der Waals surface area contributed by atoms with Crippen molar-refractivity contribution in [3.63, 3.8) is 0 Å². The molecular weight excluding hydrogens is 406 g/mol. The van der Waals surface area contributed by atoms with E-state index in [1.807, 2.05) is 4.90 Å². The van der Waals surface area contributed by atoms with Crippen LogP contribution in [0.25, 0.3) is 0 Å². The van der Waals surface area contributed by atoms with Crippen molar-refractivity contribution in [2.24, 2.45) is 0 Å². The summed E-state index contributed by atoms with van der Waals surface area (Å²) in [6.07, 6.45) is 4.55. The van der Waals surface area contributed by atoms with Crippen LogP contribution in [0.5, 0.6) is 0 Å². The van der Waals surface area contributed by atoms with E-state index < -0.39 is 30.5 Å². The molecule has 13 heteroatoms. The fraction of sp³-hybridized carbons (Fsp3) is 0.154. The summed E-state index contributed by atoms with van der Waals surface area (Å²) in [7, 11) is -10.7. The molecule has 0 saturated carbocycles. The molecule has 0 aliphatic carbocycles. The topological polar surface area (TPSA) is 121 Å². The van der Waals surface area contributed by atoms with Gasteiger partial charge < -0.3 is 14.7 Å². The van der Waals surface area contributed by atoms with Crippen LogP contribution in [0.4, 0.5) is 0 Å². The molecule has 0 aromatic rings. The second-order valence-corrected chi connectivity index (χ2v) is 8.28. The minimum absolute atomic E-state index is 0.151. The van der Waals surface area contributed by atoms with Crippen LogP contribution in [0.1, 0.15) is 0 Å². The van der Waals surface area contributed by atoms with Crippen LogP contribution < -0.4 is 0 Å². The lowest BCUT2D eigenvalue weighted by atomic mass is 10.5. The summed E-state index contributed by atoms with van der Waals surface area (Å²) in [5.74, 6) is 0. The van der Waals surface area contributed by atoms with E-state index in [9.17, 15) is 25.3 Å². The van der Waals surface area contributed by atoms with Gasteiger partial charge in [0, 0.05) is 12.4 Å². The first-order chi connectivity index (χ1) is 12.0. The Labute approximate surface area is 155 Å². The first-order valence-corrected chi connectivity index (χ1v) is 10.6. The Balaban J connectivity index is 0.000000508. The first kappa shape index (κ1) is 23.7. The van der Waals surface area contributed by atoms with E-state index in [4.69, 9.17) is 0 Å². The van der Waals surface area contributed by atoms with E-state index in [-0.39, 0.29) is 5.11 Å².